The van der Waals surface area contributed by atoms with Crippen molar-refractivity contribution in [1.29, 1.82) is 0 Å². The van der Waals surface area contributed by atoms with Crippen LogP contribution in [0.5, 0.6) is 0 Å². The van der Waals surface area contributed by atoms with Gasteiger partial charge in [-0.15, -0.1) is 16.8 Å². The summed E-state index contributed by atoms with van der Waals surface area (Å²) >= 11 is 3.53. The predicted octanol–water partition coefficient (Wildman–Crippen LogP) is 4.35. The zero-order valence-corrected chi connectivity index (χ0v) is 20.9. The molecular formula is C23H24IN5O2S. The molecule has 0 radical (unpaired) electrons. The van der Waals surface area contributed by atoms with E-state index >= 15 is 0 Å². The minimum atomic E-state index is -0.169. The number of hydrogen-bond donors (Lipinski definition) is 2. The van der Waals surface area contributed by atoms with Gasteiger partial charge < -0.3 is 15.2 Å². The van der Waals surface area contributed by atoms with Crippen molar-refractivity contribution in [3.63, 3.8) is 0 Å². The monoisotopic (exact) mass is 561 g/mol. The molecule has 0 aliphatic heterocycles. The molecule has 0 aliphatic carbocycles. The number of aromatic nitrogens is 3. The first-order chi connectivity index (χ1) is 15.4. The third-order valence-electron chi connectivity index (χ3n) is 4.70. The number of halogens is 1. The molecule has 9 heteroatoms. The minimum Gasteiger partial charge on any atom is -0.345 e. The number of carbonyl (C=O) groups is 2. The standard InChI is InChI=1S/C23H24IN5O2S/c1-4-11-29-20(13-25-22(31)18-8-6-5-7-15(18)2)27-28-23(29)32-14-21(30)26-19-10-9-17(24)12-16(19)3/h4-10,12H,1,11,13-14H2,2-3H3,(H,25,31)(H,26,30). The Kier molecular flexibility index (Phi) is 8.46. The van der Waals surface area contributed by atoms with Gasteiger partial charge in [0.2, 0.25) is 5.91 Å². The van der Waals surface area contributed by atoms with Gasteiger partial charge in [0.15, 0.2) is 11.0 Å². The fraction of sp³-hybridized carbons (Fsp3) is 0.217. The highest BCUT2D eigenvalue weighted by atomic mass is 127. The molecule has 0 bridgehead atoms. The quantitative estimate of drug-likeness (QED) is 0.231. The highest BCUT2D eigenvalue weighted by molar-refractivity contribution is 14.1. The van der Waals surface area contributed by atoms with Crippen LogP contribution in [0, 0.1) is 17.4 Å². The van der Waals surface area contributed by atoms with Crippen molar-refractivity contribution in [2.45, 2.75) is 32.1 Å². The van der Waals surface area contributed by atoms with Crippen LogP contribution in [0.25, 0.3) is 0 Å². The van der Waals surface area contributed by atoms with Gasteiger partial charge in [0, 0.05) is 21.4 Å². The zero-order chi connectivity index (χ0) is 23.1. The van der Waals surface area contributed by atoms with E-state index in [1.807, 2.05) is 54.8 Å². The molecule has 2 aromatic carbocycles. The Labute approximate surface area is 205 Å². The highest BCUT2D eigenvalue weighted by Gasteiger charge is 2.16. The molecule has 0 atom stereocenters. The second-order valence-electron chi connectivity index (χ2n) is 7.09. The normalized spacial score (nSPS) is 10.6. The van der Waals surface area contributed by atoms with Crippen LogP contribution in [-0.4, -0.2) is 32.3 Å². The van der Waals surface area contributed by atoms with Gasteiger partial charge in [-0.3, -0.25) is 9.59 Å². The fourth-order valence-electron chi connectivity index (χ4n) is 3.03. The van der Waals surface area contributed by atoms with Crippen LogP contribution in [-0.2, 0) is 17.9 Å². The summed E-state index contributed by atoms with van der Waals surface area (Å²) < 4.78 is 2.96. The molecule has 166 valence electrons. The van der Waals surface area contributed by atoms with Gasteiger partial charge in [0.05, 0.1) is 12.3 Å². The molecule has 3 rings (SSSR count). The van der Waals surface area contributed by atoms with Crippen molar-refractivity contribution in [1.82, 2.24) is 20.1 Å². The molecule has 0 aliphatic rings. The summed E-state index contributed by atoms with van der Waals surface area (Å²) in [5.74, 6) is 0.499. The third-order valence-corrected chi connectivity index (χ3v) is 6.33. The van der Waals surface area contributed by atoms with Crippen LogP contribution < -0.4 is 10.6 Å². The largest absolute Gasteiger partial charge is 0.345 e. The van der Waals surface area contributed by atoms with Crippen LogP contribution in [0.2, 0.25) is 0 Å². The van der Waals surface area contributed by atoms with Gasteiger partial charge in [0.1, 0.15) is 0 Å². The van der Waals surface area contributed by atoms with Crippen molar-refractivity contribution >= 4 is 51.9 Å². The van der Waals surface area contributed by atoms with E-state index in [4.69, 9.17) is 0 Å². The molecule has 0 saturated heterocycles. The van der Waals surface area contributed by atoms with Gasteiger partial charge in [-0.1, -0.05) is 36.0 Å². The predicted molar refractivity (Wildman–Crippen MR) is 136 cm³/mol. The Bertz CT molecular complexity index is 1150. The number of hydrogen-bond acceptors (Lipinski definition) is 5. The Morgan fingerprint density at radius 1 is 1.16 bits per heavy atom. The summed E-state index contributed by atoms with van der Waals surface area (Å²) in [6.07, 6.45) is 1.73. The van der Waals surface area contributed by atoms with Crippen molar-refractivity contribution in [3.8, 4) is 0 Å². The number of nitrogens with one attached hydrogen (secondary N) is 2. The average molecular weight is 561 g/mol. The number of anilines is 1. The summed E-state index contributed by atoms with van der Waals surface area (Å²) in [6, 6.07) is 13.3. The van der Waals surface area contributed by atoms with Gasteiger partial charge in [-0.25, -0.2) is 0 Å². The lowest BCUT2D eigenvalue weighted by Gasteiger charge is -2.10. The molecule has 7 nitrogen and oxygen atoms in total. The van der Waals surface area contributed by atoms with Gasteiger partial charge in [-0.2, -0.15) is 0 Å². The number of amides is 2. The number of rotatable bonds is 9. The summed E-state index contributed by atoms with van der Waals surface area (Å²) in [5, 5.41) is 14.8. The molecule has 0 saturated carbocycles. The highest BCUT2D eigenvalue weighted by Crippen LogP contribution is 2.20. The van der Waals surface area contributed by atoms with Crippen LogP contribution in [0.4, 0.5) is 5.69 Å². The second kappa shape index (κ2) is 11.3. The number of allylic oxidation sites excluding steroid dienone is 1. The molecule has 2 N–H and O–H groups in total. The molecular weight excluding hydrogens is 537 g/mol. The molecule has 3 aromatic rings. The molecule has 0 unspecified atom stereocenters. The maximum absolute atomic E-state index is 12.5. The Morgan fingerprint density at radius 3 is 2.66 bits per heavy atom. The number of thioether (sulfide) groups is 1. The minimum absolute atomic E-state index is 0.123. The summed E-state index contributed by atoms with van der Waals surface area (Å²) in [5.41, 5.74) is 3.34. The van der Waals surface area contributed by atoms with E-state index in [-0.39, 0.29) is 24.1 Å². The van der Waals surface area contributed by atoms with E-state index in [9.17, 15) is 9.59 Å². The van der Waals surface area contributed by atoms with E-state index in [2.05, 4.69) is 50.0 Å². The maximum atomic E-state index is 12.5. The number of aryl methyl sites for hydroxylation is 2. The molecule has 0 spiro atoms. The average Bonchev–Trinajstić information content (AvgIpc) is 3.15. The van der Waals surface area contributed by atoms with E-state index in [1.165, 1.54) is 11.8 Å². The van der Waals surface area contributed by atoms with Gasteiger partial charge >= 0.3 is 0 Å². The third kappa shape index (κ3) is 6.19. The van der Waals surface area contributed by atoms with Crippen molar-refractivity contribution < 1.29 is 9.59 Å². The van der Waals surface area contributed by atoms with Crippen molar-refractivity contribution in [2.24, 2.45) is 0 Å². The van der Waals surface area contributed by atoms with Crippen LogP contribution in [0.15, 0.2) is 60.3 Å². The van der Waals surface area contributed by atoms with Crippen molar-refractivity contribution in [2.75, 3.05) is 11.1 Å². The van der Waals surface area contributed by atoms with Crippen LogP contribution >= 0.6 is 34.4 Å². The van der Waals surface area contributed by atoms with Gasteiger partial charge in [0.25, 0.3) is 5.91 Å². The Hall–Kier alpha value is -2.66. The first-order valence-corrected chi connectivity index (χ1v) is 12.0. The molecule has 1 aromatic heterocycles. The molecule has 2 amide bonds. The summed E-state index contributed by atoms with van der Waals surface area (Å²) in [4.78, 5) is 24.9. The number of carbonyl (C=O) groups excluding carboxylic acids is 2. The fourth-order valence-corrected chi connectivity index (χ4v) is 4.45. The zero-order valence-electron chi connectivity index (χ0n) is 17.9. The number of nitrogens with zero attached hydrogens (tertiary/aromatic N) is 3. The van der Waals surface area contributed by atoms with Crippen LogP contribution in [0.3, 0.4) is 0 Å². The summed E-state index contributed by atoms with van der Waals surface area (Å²) in [6.45, 7) is 8.34. The first kappa shape index (κ1) is 24.0. The van der Waals surface area contributed by atoms with E-state index < -0.39 is 0 Å². The Balaban J connectivity index is 1.62. The summed E-state index contributed by atoms with van der Waals surface area (Å²) in [7, 11) is 0. The lowest BCUT2D eigenvalue weighted by atomic mass is 10.1. The van der Waals surface area contributed by atoms with E-state index in [1.54, 1.807) is 12.1 Å². The molecule has 32 heavy (non-hydrogen) atoms. The SMILES string of the molecule is C=CCn1c(CNC(=O)c2ccccc2C)nnc1SCC(=O)Nc1ccc(I)cc1C. The Morgan fingerprint density at radius 2 is 1.94 bits per heavy atom. The van der Waals surface area contributed by atoms with E-state index in [0.29, 0.717) is 23.1 Å². The maximum Gasteiger partial charge on any atom is 0.251 e. The number of benzene rings is 2. The lowest BCUT2D eigenvalue weighted by molar-refractivity contribution is -0.113. The van der Waals surface area contributed by atoms with E-state index in [0.717, 1.165) is 20.4 Å². The van der Waals surface area contributed by atoms with Crippen molar-refractivity contribution in [3.05, 3.63) is 81.2 Å². The van der Waals surface area contributed by atoms with Crippen LogP contribution in [0.1, 0.15) is 27.3 Å². The smallest absolute Gasteiger partial charge is 0.251 e. The lowest BCUT2D eigenvalue weighted by Crippen LogP contribution is -2.25. The second-order valence-corrected chi connectivity index (χ2v) is 9.28. The van der Waals surface area contributed by atoms with Gasteiger partial charge in [-0.05, 0) is 71.8 Å². The first-order valence-electron chi connectivity index (χ1n) is 9.94. The topological polar surface area (TPSA) is 88.9 Å². The molecule has 0 fully saturated rings. The molecule has 1 heterocycles.